The Kier molecular flexibility index (Phi) is 4.63. The van der Waals surface area contributed by atoms with Gasteiger partial charge in [-0.1, -0.05) is 23.2 Å². The van der Waals surface area contributed by atoms with E-state index in [0.717, 1.165) is 9.25 Å². The summed E-state index contributed by atoms with van der Waals surface area (Å²) < 4.78 is 7.61. The highest BCUT2D eigenvalue weighted by Crippen LogP contribution is 2.33. The van der Waals surface area contributed by atoms with E-state index in [1.54, 1.807) is 0 Å². The lowest BCUT2D eigenvalue weighted by Gasteiger charge is -2.15. The number of halogens is 2. The molecule has 1 aromatic carbocycles. The third kappa shape index (κ3) is 3.03. The van der Waals surface area contributed by atoms with E-state index in [2.05, 4.69) is 5.10 Å². The van der Waals surface area contributed by atoms with Gasteiger partial charge in [0.25, 0.3) is 5.56 Å². The van der Waals surface area contributed by atoms with Crippen LogP contribution in [0, 0.1) is 6.92 Å². The molecule has 0 aliphatic heterocycles. The van der Waals surface area contributed by atoms with Crippen molar-refractivity contribution in [1.29, 1.82) is 0 Å². The highest BCUT2D eigenvalue weighted by atomic mass is 35.5. The van der Waals surface area contributed by atoms with Crippen LogP contribution in [0.25, 0.3) is 5.69 Å². The maximum Gasteiger partial charge on any atom is 0.352 e. The first kappa shape index (κ1) is 16.6. The number of hydrogen-bond donors (Lipinski definition) is 0. The number of aryl methyl sites for hydroxylation is 1. The van der Waals surface area contributed by atoms with Crippen molar-refractivity contribution >= 4 is 23.2 Å². The Hall–Kier alpha value is -1.79. The molecular formula is C14H15Cl2N3O3. The van der Waals surface area contributed by atoms with Crippen molar-refractivity contribution in [3.63, 3.8) is 0 Å². The van der Waals surface area contributed by atoms with Gasteiger partial charge in [-0.2, -0.15) is 9.78 Å². The van der Waals surface area contributed by atoms with E-state index in [4.69, 9.17) is 27.9 Å². The molecule has 2 rings (SSSR count). The predicted molar refractivity (Wildman–Crippen MR) is 85.6 cm³/mol. The van der Waals surface area contributed by atoms with Crippen LogP contribution < -0.4 is 16.0 Å². The molecular weight excluding hydrogens is 329 g/mol. The first-order valence-corrected chi connectivity index (χ1v) is 7.31. The van der Waals surface area contributed by atoms with Gasteiger partial charge in [0.05, 0.1) is 21.8 Å². The largest absolute Gasteiger partial charge is 0.489 e. The van der Waals surface area contributed by atoms with Gasteiger partial charge in [-0.3, -0.25) is 9.36 Å². The molecule has 22 heavy (non-hydrogen) atoms. The molecule has 0 bridgehead atoms. The quantitative estimate of drug-likeness (QED) is 0.857. The van der Waals surface area contributed by atoms with Gasteiger partial charge in [0.2, 0.25) is 0 Å². The summed E-state index contributed by atoms with van der Waals surface area (Å²) in [5, 5.41) is 4.56. The Labute approximate surface area is 136 Å². The highest BCUT2D eigenvalue weighted by molar-refractivity contribution is 6.36. The van der Waals surface area contributed by atoms with Gasteiger partial charge in [0.15, 0.2) is 0 Å². The number of aromatic nitrogens is 3. The molecule has 0 aliphatic carbocycles. The fourth-order valence-electron chi connectivity index (χ4n) is 1.89. The zero-order chi connectivity index (χ0) is 16.6. The predicted octanol–water partition coefficient (Wildman–Crippen LogP) is 2.33. The van der Waals surface area contributed by atoms with Crippen LogP contribution >= 0.6 is 23.2 Å². The van der Waals surface area contributed by atoms with Crippen LogP contribution in [0.5, 0.6) is 5.75 Å². The number of nitrogens with zero attached hydrogens (tertiary/aromatic N) is 3. The number of hydrogen-bond acceptors (Lipinski definition) is 4. The van der Waals surface area contributed by atoms with E-state index in [9.17, 15) is 9.59 Å². The van der Waals surface area contributed by atoms with E-state index >= 15 is 0 Å². The summed E-state index contributed by atoms with van der Waals surface area (Å²) >= 11 is 12.3. The summed E-state index contributed by atoms with van der Waals surface area (Å²) in [5.41, 5.74) is -0.579. The lowest BCUT2D eigenvalue weighted by molar-refractivity contribution is 0.242. The molecule has 0 aliphatic rings. The summed E-state index contributed by atoms with van der Waals surface area (Å²) in [6, 6.07) is 3.01. The zero-order valence-corrected chi connectivity index (χ0v) is 14.1. The number of benzene rings is 1. The van der Waals surface area contributed by atoms with Crippen molar-refractivity contribution in [3.8, 4) is 11.4 Å². The van der Waals surface area contributed by atoms with Gasteiger partial charge in [-0.25, -0.2) is 4.79 Å². The average molecular weight is 344 g/mol. The third-order valence-corrected chi connectivity index (χ3v) is 3.52. The average Bonchev–Trinajstić information content (AvgIpc) is 2.43. The van der Waals surface area contributed by atoms with Gasteiger partial charge in [0, 0.05) is 13.1 Å². The van der Waals surface area contributed by atoms with Crippen molar-refractivity contribution in [1.82, 2.24) is 14.3 Å². The normalized spacial score (nSPS) is 11.0. The van der Waals surface area contributed by atoms with Gasteiger partial charge >= 0.3 is 5.69 Å². The molecule has 0 saturated carbocycles. The van der Waals surface area contributed by atoms with E-state index < -0.39 is 11.2 Å². The van der Waals surface area contributed by atoms with Crippen molar-refractivity contribution in [3.05, 3.63) is 48.7 Å². The van der Waals surface area contributed by atoms with Gasteiger partial charge in [0.1, 0.15) is 11.4 Å². The lowest BCUT2D eigenvalue weighted by atomic mass is 10.3. The Morgan fingerprint density at radius 3 is 2.41 bits per heavy atom. The molecule has 0 radical (unpaired) electrons. The van der Waals surface area contributed by atoms with Crippen LogP contribution in [0.2, 0.25) is 10.0 Å². The molecule has 0 atom stereocenters. The van der Waals surface area contributed by atoms with Gasteiger partial charge in [-0.05, 0) is 26.8 Å². The summed E-state index contributed by atoms with van der Waals surface area (Å²) in [5.74, 6) is 0.385. The molecule has 0 saturated heterocycles. The standard InChI is InChI=1S/C14H15Cl2N3O3/c1-7(2)22-12-6-11(9(15)5-10(12)16)19-14(21)18(4)13(20)8(3)17-19/h5-7H,1-4H3. The molecule has 118 valence electrons. The fraction of sp³-hybridized carbons (Fsp3) is 0.357. The molecule has 0 fully saturated rings. The molecule has 0 spiro atoms. The van der Waals surface area contributed by atoms with Gasteiger partial charge < -0.3 is 4.74 Å². The molecule has 0 N–H and O–H groups in total. The first-order valence-electron chi connectivity index (χ1n) is 6.55. The van der Waals surface area contributed by atoms with Crippen LogP contribution in [0.15, 0.2) is 21.7 Å². The van der Waals surface area contributed by atoms with E-state index in [1.165, 1.54) is 26.1 Å². The van der Waals surface area contributed by atoms with Crippen LogP contribution in [-0.4, -0.2) is 20.5 Å². The van der Waals surface area contributed by atoms with Crippen LogP contribution in [0.1, 0.15) is 19.5 Å². The maximum absolute atomic E-state index is 12.2. The van der Waals surface area contributed by atoms with E-state index in [1.807, 2.05) is 13.8 Å². The monoisotopic (exact) mass is 343 g/mol. The molecule has 2 aromatic rings. The second-order valence-corrected chi connectivity index (χ2v) is 5.86. The van der Waals surface area contributed by atoms with Crippen molar-refractivity contribution in [2.24, 2.45) is 7.05 Å². The molecule has 8 heteroatoms. The Balaban J connectivity index is 2.73. The fourth-order valence-corrected chi connectivity index (χ4v) is 2.40. The maximum atomic E-state index is 12.2. The zero-order valence-electron chi connectivity index (χ0n) is 12.6. The summed E-state index contributed by atoms with van der Waals surface area (Å²) in [6.45, 7) is 5.23. The van der Waals surface area contributed by atoms with Crippen molar-refractivity contribution in [2.75, 3.05) is 0 Å². The molecule has 0 amide bonds. The minimum Gasteiger partial charge on any atom is -0.489 e. The molecule has 1 heterocycles. The summed E-state index contributed by atoms with van der Waals surface area (Å²) in [4.78, 5) is 24.0. The molecule has 0 unspecified atom stereocenters. The smallest absolute Gasteiger partial charge is 0.352 e. The third-order valence-electron chi connectivity index (χ3n) is 2.92. The summed E-state index contributed by atoms with van der Waals surface area (Å²) in [7, 11) is 1.38. The molecule has 6 nitrogen and oxygen atoms in total. The Bertz CT molecular complexity index is 840. The van der Waals surface area contributed by atoms with E-state index in [-0.39, 0.29) is 16.8 Å². The number of ether oxygens (including phenoxy) is 1. The Morgan fingerprint density at radius 1 is 1.18 bits per heavy atom. The molecule has 1 aromatic heterocycles. The Morgan fingerprint density at radius 2 is 1.82 bits per heavy atom. The van der Waals surface area contributed by atoms with Crippen molar-refractivity contribution in [2.45, 2.75) is 26.9 Å². The van der Waals surface area contributed by atoms with Crippen LogP contribution in [-0.2, 0) is 7.05 Å². The number of rotatable bonds is 3. The summed E-state index contributed by atoms with van der Waals surface area (Å²) in [6.07, 6.45) is -0.0990. The topological polar surface area (TPSA) is 66.1 Å². The second kappa shape index (κ2) is 6.14. The van der Waals surface area contributed by atoms with Gasteiger partial charge in [-0.15, -0.1) is 0 Å². The second-order valence-electron chi connectivity index (χ2n) is 5.04. The van der Waals surface area contributed by atoms with Crippen molar-refractivity contribution < 1.29 is 4.74 Å². The first-order chi connectivity index (χ1) is 10.2. The highest BCUT2D eigenvalue weighted by Gasteiger charge is 2.15. The lowest BCUT2D eigenvalue weighted by Crippen LogP contribution is -2.40. The SMILES string of the molecule is Cc1nn(-c2cc(OC(C)C)c(Cl)cc2Cl)c(=O)n(C)c1=O. The van der Waals surface area contributed by atoms with E-state index in [0.29, 0.717) is 16.5 Å². The van der Waals surface area contributed by atoms with Crippen LogP contribution in [0.3, 0.4) is 0 Å². The van der Waals surface area contributed by atoms with Crippen LogP contribution in [0.4, 0.5) is 0 Å². The minimum atomic E-state index is -0.602. The minimum absolute atomic E-state index is 0.0990.